The highest BCUT2D eigenvalue weighted by Crippen LogP contribution is 2.38. The fourth-order valence-electron chi connectivity index (χ4n) is 4.59. The van der Waals surface area contributed by atoms with E-state index in [0.717, 1.165) is 12.8 Å². The molecule has 0 N–H and O–H groups in total. The fraction of sp³-hybridized carbons (Fsp3) is 0.500. The third kappa shape index (κ3) is 4.17. The molecule has 0 heterocycles. The number of fused-ring (bicyclic) bond motifs is 7. The molecule has 0 radical (unpaired) electrons. The van der Waals surface area contributed by atoms with Crippen LogP contribution in [0.1, 0.15) is 69.6 Å². The van der Waals surface area contributed by atoms with Gasteiger partial charge < -0.3 is 0 Å². The van der Waals surface area contributed by atoms with Crippen LogP contribution in [0.2, 0.25) is 0 Å². The van der Waals surface area contributed by atoms with Crippen LogP contribution >= 0.6 is 23.5 Å². The van der Waals surface area contributed by atoms with Gasteiger partial charge in [0.25, 0.3) is 0 Å². The molecule has 0 fully saturated rings. The minimum atomic E-state index is 0.575. The minimum absolute atomic E-state index is 0.575. The molecule has 0 aliphatic heterocycles. The average molecular weight is 383 g/mol. The summed E-state index contributed by atoms with van der Waals surface area (Å²) in [6.07, 6.45) is 14.8. The zero-order chi connectivity index (χ0) is 17.9. The molecule has 0 saturated heterocycles. The Morgan fingerprint density at radius 1 is 0.577 bits per heavy atom. The molecular weight excluding hydrogens is 352 g/mol. The molecule has 2 heteroatoms. The predicted octanol–water partition coefficient (Wildman–Crippen LogP) is 6.95. The number of aryl methyl sites for hydroxylation is 2. The van der Waals surface area contributed by atoms with E-state index in [1.807, 2.05) is 23.5 Å². The van der Waals surface area contributed by atoms with Crippen molar-refractivity contribution in [3.8, 4) is 0 Å². The SMILES string of the molecule is CSC1Cc2cc3cc(c2)C(SC)Cc2cc(cc1c2)CCCCCC3. The summed E-state index contributed by atoms with van der Waals surface area (Å²) in [5.74, 6) is 0. The minimum Gasteiger partial charge on any atom is -0.157 e. The molecule has 2 aromatic rings. The molecule has 0 saturated carbocycles. The topological polar surface area (TPSA) is 0 Å². The highest BCUT2D eigenvalue weighted by Gasteiger charge is 2.20. The van der Waals surface area contributed by atoms with Crippen LogP contribution in [0.3, 0.4) is 0 Å². The van der Waals surface area contributed by atoms with Crippen LogP contribution in [0, 0.1) is 0 Å². The first-order valence-electron chi connectivity index (χ1n) is 10.1. The Hall–Kier alpha value is -0.860. The first kappa shape index (κ1) is 18.5. The van der Waals surface area contributed by atoms with Crippen molar-refractivity contribution in [1.82, 2.24) is 0 Å². The van der Waals surface area contributed by atoms with Crippen molar-refractivity contribution in [2.45, 2.75) is 61.9 Å². The van der Waals surface area contributed by atoms with Gasteiger partial charge in [0.15, 0.2) is 0 Å². The fourth-order valence-corrected chi connectivity index (χ4v) is 6.13. The van der Waals surface area contributed by atoms with Crippen LogP contribution < -0.4 is 0 Å². The third-order valence-electron chi connectivity index (χ3n) is 5.99. The van der Waals surface area contributed by atoms with Gasteiger partial charge in [-0.1, -0.05) is 49.2 Å². The van der Waals surface area contributed by atoms with Crippen LogP contribution in [0.5, 0.6) is 0 Å². The molecule has 2 aromatic carbocycles. The van der Waals surface area contributed by atoms with Gasteiger partial charge in [0.05, 0.1) is 0 Å². The van der Waals surface area contributed by atoms with E-state index < -0.39 is 0 Å². The second kappa shape index (κ2) is 8.44. The van der Waals surface area contributed by atoms with E-state index in [0.29, 0.717) is 10.5 Å². The van der Waals surface area contributed by atoms with Gasteiger partial charge in [-0.15, -0.1) is 0 Å². The molecule has 2 unspecified atom stereocenters. The maximum Gasteiger partial charge on any atom is 0.0335 e. The Kier molecular flexibility index (Phi) is 6.00. The Morgan fingerprint density at radius 3 is 1.42 bits per heavy atom. The number of benzene rings is 2. The highest BCUT2D eigenvalue weighted by atomic mass is 32.2. The summed E-state index contributed by atoms with van der Waals surface area (Å²) in [5, 5.41) is 1.15. The van der Waals surface area contributed by atoms with Gasteiger partial charge in [0.1, 0.15) is 0 Å². The van der Waals surface area contributed by atoms with Crippen LogP contribution in [-0.4, -0.2) is 12.5 Å². The van der Waals surface area contributed by atoms with Crippen LogP contribution in [0.4, 0.5) is 0 Å². The second-order valence-electron chi connectivity index (χ2n) is 7.94. The third-order valence-corrected chi connectivity index (χ3v) is 8.00. The van der Waals surface area contributed by atoms with Gasteiger partial charge in [-0.3, -0.25) is 0 Å². The monoisotopic (exact) mass is 382 g/mol. The highest BCUT2D eigenvalue weighted by molar-refractivity contribution is 7.99. The summed E-state index contributed by atoms with van der Waals surface area (Å²) in [5.41, 5.74) is 9.33. The number of rotatable bonds is 2. The normalized spacial score (nSPS) is 22.8. The van der Waals surface area contributed by atoms with Crippen LogP contribution in [0.15, 0.2) is 36.4 Å². The Morgan fingerprint density at radius 2 is 1.00 bits per heavy atom. The summed E-state index contributed by atoms with van der Waals surface area (Å²) in [6.45, 7) is 0. The first-order valence-corrected chi connectivity index (χ1v) is 12.6. The lowest BCUT2D eigenvalue weighted by atomic mass is 9.89. The largest absolute Gasteiger partial charge is 0.157 e. The standard InChI is InChI=1S/C24H30S2/c1-25-23-15-19-9-18-8-6-4-3-5-7-17-10-20(13-21(23)11-17)16-24(26-2)22(12-18)14-19/h9-14,23-24H,3-8,15-16H2,1-2H3. The maximum absolute atomic E-state index is 2.51. The van der Waals surface area contributed by atoms with Crippen molar-refractivity contribution in [1.29, 1.82) is 0 Å². The molecule has 3 aliphatic carbocycles. The van der Waals surface area contributed by atoms with E-state index in [9.17, 15) is 0 Å². The van der Waals surface area contributed by atoms with E-state index in [-0.39, 0.29) is 0 Å². The lowest BCUT2D eigenvalue weighted by Gasteiger charge is -2.24. The molecule has 0 spiro atoms. The Balaban J connectivity index is 1.87. The van der Waals surface area contributed by atoms with Crippen molar-refractivity contribution in [3.63, 3.8) is 0 Å². The molecule has 6 bridgehead atoms. The van der Waals surface area contributed by atoms with Crippen molar-refractivity contribution in [2.24, 2.45) is 0 Å². The molecule has 2 atom stereocenters. The van der Waals surface area contributed by atoms with Crippen LogP contribution in [-0.2, 0) is 25.7 Å². The first-order chi connectivity index (χ1) is 12.7. The molecule has 0 aromatic heterocycles. The van der Waals surface area contributed by atoms with Gasteiger partial charge in [-0.25, -0.2) is 0 Å². The van der Waals surface area contributed by atoms with E-state index in [1.54, 1.807) is 33.4 Å². The van der Waals surface area contributed by atoms with E-state index in [4.69, 9.17) is 0 Å². The summed E-state index contributed by atoms with van der Waals surface area (Å²) >= 11 is 4.04. The molecule has 3 aliphatic rings. The summed E-state index contributed by atoms with van der Waals surface area (Å²) in [7, 11) is 0. The lowest BCUT2D eigenvalue weighted by Crippen LogP contribution is -2.09. The number of hydrogen-bond acceptors (Lipinski definition) is 2. The van der Waals surface area contributed by atoms with Gasteiger partial charge >= 0.3 is 0 Å². The van der Waals surface area contributed by atoms with Crippen molar-refractivity contribution in [3.05, 3.63) is 69.8 Å². The summed E-state index contributed by atoms with van der Waals surface area (Å²) in [4.78, 5) is 0. The smallest absolute Gasteiger partial charge is 0.0335 e. The predicted molar refractivity (Wildman–Crippen MR) is 119 cm³/mol. The van der Waals surface area contributed by atoms with Gasteiger partial charge in [0, 0.05) is 10.5 Å². The summed E-state index contributed by atoms with van der Waals surface area (Å²) < 4.78 is 0. The Labute approximate surface area is 167 Å². The van der Waals surface area contributed by atoms with Crippen molar-refractivity contribution < 1.29 is 0 Å². The van der Waals surface area contributed by atoms with E-state index in [1.165, 1.54) is 38.5 Å². The lowest BCUT2D eigenvalue weighted by molar-refractivity contribution is 0.638. The average Bonchev–Trinajstić information content (AvgIpc) is 2.65. The van der Waals surface area contributed by atoms with E-state index >= 15 is 0 Å². The quantitative estimate of drug-likeness (QED) is 0.551. The van der Waals surface area contributed by atoms with Gasteiger partial charge in [-0.2, -0.15) is 23.5 Å². The van der Waals surface area contributed by atoms with Gasteiger partial charge in [-0.05, 0) is 84.4 Å². The zero-order valence-corrected chi connectivity index (χ0v) is 17.7. The molecule has 5 rings (SSSR count). The molecule has 0 amide bonds. The summed E-state index contributed by atoms with van der Waals surface area (Å²) in [6, 6.07) is 15.0. The second-order valence-corrected chi connectivity index (χ2v) is 10.0. The molecule has 26 heavy (non-hydrogen) atoms. The van der Waals surface area contributed by atoms with Crippen LogP contribution in [0.25, 0.3) is 0 Å². The van der Waals surface area contributed by atoms with Crippen molar-refractivity contribution >= 4 is 23.5 Å². The van der Waals surface area contributed by atoms with Gasteiger partial charge in [0.2, 0.25) is 0 Å². The molecular formula is C24H30S2. The molecule has 138 valence electrons. The number of thioether (sulfide) groups is 2. The molecule has 0 nitrogen and oxygen atoms in total. The maximum atomic E-state index is 2.51. The zero-order valence-electron chi connectivity index (χ0n) is 16.1. The van der Waals surface area contributed by atoms with E-state index in [2.05, 4.69) is 48.9 Å². The Bertz CT molecular complexity index is 699. The van der Waals surface area contributed by atoms with Crippen molar-refractivity contribution in [2.75, 3.05) is 12.5 Å². The number of hydrogen-bond donors (Lipinski definition) is 0.